The quantitative estimate of drug-likeness (QED) is 0.879. The fourth-order valence-corrected chi connectivity index (χ4v) is 3.33. The van der Waals surface area contributed by atoms with E-state index in [4.69, 9.17) is 21.9 Å². The highest BCUT2D eigenvalue weighted by molar-refractivity contribution is 6.33. The van der Waals surface area contributed by atoms with Crippen LogP contribution in [0, 0.1) is 11.7 Å². The van der Waals surface area contributed by atoms with Crippen molar-refractivity contribution in [1.29, 1.82) is 0 Å². The second kappa shape index (κ2) is 5.09. The molecule has 5 heteroatoms. The van der Waals surface area contributed by atoms with Crippen molar-refractivity contribution in [2.45, 2.75) is 32.1 Å². The minimum absolute atomic E-state index is 0.302. The molecule has 1 aliphatic rings. The molecule has 0 radical (unpaired) electrons. The zero-order valence-electron chi connectivity index (χ0n) is 11.2. The summed E-state index contributed by atoms with van der Waals surface area (Å²) >= 11 is 6.14. The lowest BCUT2D eigenvalue weighted by Crippen LogP contribution is -2.03. The molecule has 0 bridgehead atoms. The van der Waals surface area contributed by atoms with E-state index in [1.54, 1.807) is 6.07 Å². The van der Waals surface area contributed by atoms with Gasteiger partial charge in [-0.1, -0.05) is 30.1 Å². The second-order valence-electron chi connectivity index (χ2n) is 5.45. The zero-order valence-corrected chi connectivity index (χ0v) is 12.0. The average Bonchev–Trinajstić information content (AvgIpc) is 2.96. The molecule has 3 nitrogen and oxygen atoms in total. The van der Waals surface area contributed by atoms with E-state index in [0.717, 1.165) is 12.2 Å². The lowest BCUT2D eigenvalue weighted by molar-refractivity contribution is 0.341. The van der Waals surface area contributed by atoms with Crippen molar-refractivity contribution in [2.24, 2.45) is 5.92 Å². The van der Waals surface area contributed by atoms with E-state index in [9.17, 15) is 4.39 Å². The van der Waals surface area contributed by atoms with Crippen LogP contribution in [0.5, 0.6) is 0 Å². The molecule has 1 aliphatic carbocycles. The largest absolute Gasteiger partial charge is 0.380 e. The number of nitrogens with two attached hydrogens (primary N) is 1. The number of anilines is 1. The van der Waals surface area contributed by atoms with Gasteiger partial charge in [0.1, 0.15) is 11.6 Å². The maximum Gasteiger partial charge on any atom is 0.175 e. The molecule has 2 atom stereocenters. The highest BCUT2D eigenvalue weighted by Crippen LogP contribution is 2.46. The summed E-state index contributed by atoms with van der Waals surface area (Å²) in [7, 11) is 0. The second-order valence-corrected chi connectivity index (χ2v) is 5.85. The van der Waals surface area contributed by atoms with E-state index in [1.165, 1.54) is 25.0 Å². The summed E-state index contributed by atoms with van der Waals surface area (Å²) < 4.78 is 18.7. The molecule has 0 aliphatic heterocycles. The standard InChI is InChI=1S/C15H16ClFN2O/c1-8-3-2-4-10(8)14-13(15(18)19-20-14)11-6-5-9(17)7-12(11)16/h5-8,10H,2-4H2,1H3,(H2,18,19). The fraction of sp³-hybridized carbons (Fsp3) is 0.400. The normalized spacial score (nSPS) is 22.4. The van der Waals surface area contributed by atoms with Crippen molar-refractivity contribution >= 4 is 17.4 Å². The Morgan fingerprint density at radius 2 is 2.20 bits per heavy atom. The van der Waals surface area contributed by atoms with Gasteiger partial charge in [-0.15, -0.1) is 0 Å². The minimum atomic E-state index is -0.371. The van der Waals surface area contributed by atoms with Crippen molar-refractivity contribution in [3.63, 3.8) is 0 Å². The first-order valence-electron chi connectivity index (χ1n) is 6.78. The number of aromatic nitrogens is 1. The van der Waals surface area contributed by atoms with Gasteiger partial charge < -0.3 is 10.3 Å². The lowest BCUT2D eigenvalue weighted by atomic mass is 9.90. The molecule has 1 saturated carbocycles. The number of rotatable bonds is 2. The molecule has 2 N–H and O–H groups in total. The molecular formula is C15H16ClFN2O. The van der Waals surface area contributed by atoms with E-state index in [2.05, 4.69) is 12.1 Å². The van der Waals surface area contributed by atoms with Crippen LogP contribution >= 0.6 is 11.6 Å². The molecule has 0 spiro atoms. The van der Waals surface area contributed by atoms with Gasteiger partial charge in [0.15, 0.2) is 5.82 Å². The zero-order chi connectivity index (χ0) is 14.3. The number of benzene rings is 1. The minimum Gasteiger partial charge on any atom is -0.380 e. The number of hydrogen-bond donors (Lipinski definition) is 1. The molecule has 1 fully saturated rings. The van der Waals surface area contributed by atoms with Gasteiger partial charge in [0.2, 0.25) is 0 Å². The van der Waals surface area contributed by atoms with Gasteiger partial charge in [0, 0.05) is 11.5 Å². The molecule has 106 valence electrons. The van der Waals surface area contributed by atoms with E-state index in [1.807, 2.05) is 0 Å². The molecule has 2 aromatic rings. The monoisotopic (exact) mass is 294 g/mol. The van der Waals surface area contributed by atoms with Crippen LogP contribution in [0.15, 0.2) is 22.7 Å². The van der Waals surface area contributed by atoms with Gasteiger partial charge in [-0.2, -0.15) is 0 Å². The van der Waals surface area contributed by atoms with Crippen LogP contribution in [-0.4, -0.2) is 5.16 Å². The van der Waals surface area contributed by atoms with Gasteiger partial charge in [0.05, 0.1) is 10.6 Å². The number of halogens is 2. The van der Waals surface area contributed by atoms with Crippen LogP contribution in [0.4, 0.5) is 10.2 Å². The maximum absolute atomic E-state index is 13.2. The Bertz CT molecular complexity index is 641. The molecule has 1 aromatic heterocycles. The molecule has 2 unspecified atom stereocenters. The van der Waals surface area contributed by atoms with Crippen LogP contribution in [0.3, 0.4) is 0 Å². The highest BCUT2D eigenvalue weighted by atomic mass is 35.5. The van der Waals surface area contributed by atoms with Crippen LogP contribution in [0.25, 0.3) is 11.1 Å². The third kappa shape index (κ3) is 2.18. The first-order chi connectivity index (χ1) is 9.58. The summed E-state index contributed by atoms with van der Waals surface area (Å²) in [5.41, 5.74) is 7.33. The SMILES string of the molecule is CC1CCCC1c1onc(N)c1-c1ccc(F)cc1Cl. The molecule has 1 heterocycles. The lowest BCUT2D eigenvalue weighted by Gasteiger charge is -2.14. The summed E-state index contributed by atoms with van der Waals surface area (Å²) in [4.78, 5) is 0. The first kappa shape index (κ1) is 13.4. The highest BCUT2D eigenvalue weighted by Gasteiger charge is 2.32. The molecule has 0 saturated heterocycles. The number of nitrogen functional groups attached to an aromatic ring is 1. The Kier molecular flexibility index (Phi) is 3.42. The van der Waals surface area contributed by atoms with E-state index in [0.29, 0.717) is 33.8 Å². The average molecular weight is 295 g/mol. The summed E-state index contributed by atoms with van der Waals surface area (Å²) in [6, 6.07) is 4.28. The van der Waals surface area contributed by atoms with Crippen molar-refractivity contribution in [2.75, 3.05) is 5.73 Å². The van der Waals surface area contributed by atoms with Crippen LogP contribution in [-0.2, 0) is 0 Å². The molecule has 3 rings (SSSR count). The topological polar surface area (TPSA) is 52.0 Å². The summed E-state index contributed by atoms with van der Waals surface area (Å²) in [5.74, 6) is 1.55. The van der Waals surface area contributed by atoms with Gasteiger partial charge in [-0.25, -0.2) is 4.39 Å². The smallest absolute Gasteiger partial charge is 0.175 e. The van der Waals surface area contributed by atoms with Gasteiger partial charge >= 0.3 is 0 Å². The van der Waals surface area contributed by atoms with Crippen LogP contribution < -0.4 is 5.73 Å². The van der Waals surface area contributed by atoms with Crippen LogP contribution in [0.1, 0.15) is 37.9 Å². The summed E-state index contributed by atoms with van der Waals surface area (Å²) in [6.07, 6.45) is 3.40. The fourth-order valence-electron chi connectivity index (χ4n) is 3.07. The van der Waals surface area contributed by atoms with Gasteiger partial charge in [-0.3, -0.25) is 0 Å². The first-order valence-corrected chi connectivity index (χ1v) is 7.16. The van der Waals surface area contributed by atoms with Crippen molar-refractivity contribution in [3.05, 3.63) is 34.8 Å². The Balaban J connectivity index is 2.11. The number of hydrogen-bond acceptors (Lipinski definition) is 3. The molecule has 0 amide bonds. The van der Waals surface area contributed by atoms with E-state index >= 15 is 0 Å². The Hall–Kier alpha value is -1.55. The summed E-state index contributed by atoms with van der Waals surface area (Å²) in [5, 5.41) is 4.21. The predicted octanol–water partition coefficient (Wildman–Crippen LogP) is 4.62. The molecule has 1 aromatic carbocycles. The van der Waals surface area contributed by atoms with Crippen LogP contribution in [0.2, 0.25) is 5.02 Å². The molecule has 20 heavy (non-hydrogen) atoms. The van der Waals surface area contributed by atoms with E-state index in [-0.39, 0.29) is 5.82 Å². The van der Waals surface area contributed by atoms with Crippen molar-refractivity contribution < 1.29 is 8.91 Å². The number of nitrogens with zero attached hydrogens (tertiary/aromatic N) is 1. The Morgan fingerprint density at radius 3 is 2.85 bits per heavy atom. The third-order valence-corrected chi connectivity index (χ3v) is 4.46. The maximum atomic E-state index is 13.2. The Morgan fingerprint density at radius 1 is 1.40 bits per heavy atom. The van der Waals surface area contributed by atoms with Gasteiger partial charge in [-0.05, 0) is 37.0 Å². The van der Waals surface area contributed by atoms with E-state index < -0.39 is 0 Å². The molecular weight excluding hydrogens is 279 g/mol. The Labute approximate surface area is 121 Å². The summed E-state index contributed by atoms with van der Waals surface area (Å²) in [6.45, 7) is 2.20. The van der Waals surface area contributed by atoms with Gasteiger partial charge in [0.25, 0.3) is 0 Å². The van der Waals surface area contributed by atoms with Crippen molar-refractivity contribution in [1.82, 2.24) is 5.16 Å². The van der Waals surface area contributed by atoms with Crippen molar-refractivity contribution in [3.8, 4) is 11.1 Å². The predicted molar refractivity (Wildman–Crippen MR) is 77.1 cm³/mol. The third-order valence-electron chi connectivity index (χ3n) is 4.14.